The van der Waals surface area contributed by atoms with Crippen LogP contribution in [0, 0.1) is 13.8 Å². The molecule has 1 N–H and O–H groups in total. The lowest BCUT2D eigenvalue weighted by molar-refractivity contribution is -0.123. The molecule has 1 aliphatic heterocycles. The molecule has 90 valence electrons. The van der Waals surface area contributed by atoms with Crippen LogP contribution >= 0.6 is 0 Å². The summed E-state index contributed by atoms with van der Waals surface area (Å²) in [6, 6.07) is 5.78. The first-order chi connectivity index (χ1) is 8.09. The van der Waals surface area contributed by atoms with E-state index in [2.05, 4.69) is 5.32 Å². The number of benzene rings is 1. The van der Waals surface area contributed by atoms with Crippen LogP contribution in [0.3, 0.4) is 0 Å². The van der Waals surface area contributed by atoms with Crippen molar-refractivity contribution in [3.8, 4) is 0 Å². The van der Waals surface area contributed by atoms with Gasteiger partial charge in [-0.15, -0.1) is 0 Å². The zero-order chi connectivity index (χ0) is 12.4. The number of carbonyl (C=O) groups excluding carboxylic acids is 2. The van der Waals surface area contributed by atoms with Crippen molar-refractivity contribution >= 4 is 11.8 Å². The summed E-state index contributed by atoms with van der Waals surface area (Å²) in [5.74, 6) is -0.133. The van der Waals surface area contributed by atoms with Crippen LogP contribution in [-0.2, 0) is 4.79 Å². The van der Waals surface area contributed by atoms with E-state index < -0.39 is 0 Å². The maximum absolute atomic E-state index is 12.3. The smallest absolute Gasteiger partial charge is 0.254 e. The largest absolute Gasteiger partial charge is 0.353 e. The van der Waals surface area contributed by atoms with Gasteiger partial charge in [-0.2, -0.15) is 0 Å². The Bertz CT molecular complexity index is 448. The van der Waals surface area contributed by atoms with E-state index in [1.54, 1.807) is 4.90 Å². The molecular weight excluding hydrogens is 216 g/mol. The molecule has 0 atom stereocenters. The first-order valence-electron chi connectivity index (χ1n) is 5.72. The fourth-order valence-electron chi connectivity index (χ4n) is 2.12. The minimum atomic E-state index is -0.0872. The van der Waals surface area contributed by atoms with E-state index >= 15 is 0 Å². The van der Waals surface area contributed by atoms with E-state index in [0.717, 1.165) is 16.7 Å². The molecule has 2 rings (SSSR count). The number of hydrogen-bond donors (Lipinski definition) is 1. The zero-order valence-electron chi connectivity index (χ0n) is 10.1. The van der Waals surface area contributed by atoms with Crippen molar-refractivity contribution in [1.29, 1.82) is 0 Å². The second-order valence-electron chi connectivity index (χ2n) is 4.34. The quantitative estimate of drug-likeness (QED) is 0.781. The average molecular weight is 232 g/mol. The van der Waals surface area contributed by atoms with Crippen molar-refractivity contribution in [2.75, 3.05) is 19.6 Å². The molecule has 17 heavy (non-hydrogen) atoms. The molecule has 0 unspecified atom stereocenters. The number of piperazine rings is 1. The lowest BCUT2D eigenvalue weighted by Gasteiger charge is -2.27. The monoisotopic (exact) mass is 232 g/mol. The maximum Gasteiger partial charge on any atom is 0.254 e. The minimum Gasteiger partial charge on any atom is -0.353 e. The van der Waals surface area contributed by atoms with E-state index in [9.17, 15) is 9.59 Å². The molecule has 1 saturated heterocycles. The van der Waals surface area contributed by atoms with Gasteiger partial charge in [0.15, 0.2) is 0 Å². The molecule has 1 heterocycles. The minimum absolute atomic E-state index is 0.0459. The second kappa shape index (κ2) is 4.57. The van der Waals surface area contributed by atoms with Crippen molar-refractivity contribution in [3.05, 3.63) is 34.9 Å². The number of carbonyl (C=O) groups is 2. The van der Waals surface area contributed by atoms with Gasteiger partial charge in [0.05, 0.1) is 6.54 Å². The van der Waals surface area contributed by atoms with Gasteiger partial charge in [0.2, 0.25) is 5.91 Å². The van der Waals surface area contributed by atoms with Crippen molar-refractivity contribution in [2.45, 2.75) is 13.8 Å². The molecule has 4 nitrogen and oxygen atoms in total. The summed E-state index contributed by atoms with van der Waals surface area (Å²) in [5.41, 5.74) is 2.64. The summed E-state index contributed by atoms with van der Waals surface area (Å²) in [7, 11) is 0. The normalized spacial score (nSPS) is 15.6. The Morgan fingerprint density at radius 3 is 2.53 bits per heavy atom. The Morgan fingerprint density at radius 1 is 1.29 bits per heavy atom. The molecule has 1 aliphatic rings. The molecule has 4 heteroatoms. The number of nitrogens with zero attached hydrogens (tertiary/aromatic N) is 1. The first-order valence-corrected chi connectivity index (χ1v) is 5.72. The van der Waals surface area contributed by atoms with Gasteiger partial charge in [-0.3, -0.25) is 9.59 Å². The highest BCUT2D eigenvalue weighted by Crippen LogP contribution is 2.16. The van der Waals surface area contributed by atoms with Crippen LogP contribution in [0.2, 0.25) is 0 Å². The summed E-state index contributed by atoms with van der Waals surface area (Å²) >= 11 is 0. The van der Waals surface area contributed by atoms with Gasteiger partial charge in [-0.1, -0.05) is 18.2 Å². The van der Waals surface area contributed by atoms with E-state index in [1.165, 1.54) is 0 Å². The van der Waals surface area contributed by atoms with Gasteiger partial charge in [0.25, 0.3) is 5.91 Å². The standard InChI is InChI=1S/C13H16N2O2/c1-9-4-3-5-10(2)12(9)13(17)15-7-6-14-11(16)8-15/h3-5H,6-8H2,1-2H3,(H,14,16). The van der Waals surface area contributed by atoms with E-state index in [4.69, 9.17) is 0 Å². The fourth-order valence-corrected chi connectivity index (χ4v) is 2.12. The average Bonchev–Trinajstić information content (AvgIpc) is 2.28. The SMILES string of the molecule is Cc1cccc(C)c1C(=O)N1CCNC(=O)C1. The van der Waals surface area contributed by atoms with Gasteiger partial charge in [0.1, 0.15) is 0 Å². The molecule has 0 aliphatic carbocycles. The molecule has 0 bridgehead atoms. The van der Waals surface area contributed by atoms with Crippen LogP contribution < -0.4 is 5.32 Å². The molecule has 1 aromatic rings. The Balaban J connectivity index is 2.27. The van der Waals surface area contributed by atoms with Crippen LogP contribution in [0.15, 0.2) is 18.2 Å². The van der Waals surface area contributed by atoms with E-state index in [1.807, 2.05) is 32.0 Å². The molecule has 2 amide bonds. The lowest BCUT2D eigenvalue weighted by Crippen LogP contribution is -2.50. The molecule has 0 aromatic heterocycles. The fraction of sp³-hybridized carbons (Fsp3) is 0.385. The summed E-state index contributed by atoms with van der Waals surface area (Å²) in [6.07, 6.45) is 0. The molecular formula is C13H16N2O2. The predicted molar refractivity (Wildman–Crippen MR) is 64.8 cm³/mol. The van der Waals surface area contributed by atoms with Gasteiger partial charge in [0, 0.05) is 18.7 Å². The van der Waals surface area contributed by atoms with Crippen LogP contribution in [0.5, 0.6) is 0 Å². The molecule has 1 fully saturated rings. The van der Waals surface area contributed by atoms with E-state index in [-0.39, 0.29) is 18.4 Å². The third-order valence-corrected chi connectivity index (χ3v) is 3.02. The van der Waals surface area contributed by atoms with Crippen LogP contribution in [0.25, 0.3) is 0 Å². The molecule has 1 aromatic carbocycles. The summed E-state index contributed by atoms with van der Waals surface area (Å²) < 4.78 is 0. The zero-order valence-corrected chi connectivity index (χ0v) is 10.1. The number of nitrogens with one attached hydrogen (secondary N) is 1. The highest BCUT2D eigenvalue weighted by molar-refractivity contribution is 5.99. The highest BCUT2D eigenvalue weighted by Gasteiger charge is 2.24. The Kier molecular flexibility index (Phi) is 3.13. The third kappa shape index (κ3) is 2.30. The van der Waals surface area contributed by atoms with Gasteiger partial charge >= 0.3 is 0 Å². The van der Waals surface area contributed by atoms with Crippen LogP contribution in [0.4, 0.5) is 0 Å². The number of rotatable bonds is 1. The first kappa shape index (κ1) is 11.6. The van der Waals surface area contributed by atoms with Gasteiger partial charge in [-0.05, 0) is 25.0 Å². The Morgan fingerprint density at radius 2 is 1.94 bits per heavy atom. The topological polar surface area (TPSA) is 49.4 Å². The molecule has 0 saturated carbocycles. The predicted octanol–water partition coefficient (Wildman–Crippen LogP) is 0.875. The Labute approximate surface area is 101 Å². The summed E-state index contributed by atoms with van der Waals surface area (Å²) in [5, 5.41) is 2.71. The third-order valence-electron chi connectivity index (χ3n) is 3.02. The number of aryl methyl sites for hydroxylation is 2. The van der Waals surface area contributed by atoms with Gasteiger partial charge < -0.3 is 10.2 Å². The number of hydrogen-bond acceptors (Lipinski definition) is 2. The lowest BCUT2D eigenvalue weighted by atomic mass is 10.0. The maximum atomic E-state index is 12.3. The molecule has 0 radical (unpaired) electrons. The molecule has 0 spiro atoms. The van der Waals surface area contributed by atoms with Crippen molar-refractivity contribution in [3.63, 3.8) is 0 Å². The second-order valence-corrected chi connectivity index (χ2v) is 4.34. The van der Waals surface area contributed by atoms with Crippen LogP contribution in [-0.4, -0.2) is 36.3 Å². The van der Waals surface area contributed by atoms with Crippen molar-refractivity contribution in [2.24, 2.45) is 0 Å². The van der Waals surface area contributed by atoms with Crippen molar-refractivity contribution in [1.82, 2.24) is 10.2 Å². The van der Waals surface area contributed by atoms with E-state index in [0.29, 0.717) is 13.1 Å². The van der Waals surface area contributed by atoms with Gasteiger partial charge in [-0.25, -0.2) is 0 Å². The number of amides is 2. The van der Waals surface area contributed by atoms with Crippen LogP contribution in [0.1, 0.15) is 21.5 Å². The summed E-state index contributed by atoms with van der Waals surface area (Å²) in [4.78, 5) is 25.2. The Hall–Kier alpha value is -1.84. The highest BCUT2D eigenvalue weighted by atomic mass is 16.2. The summed E-state index contributed by atoms with van der Waals surface area (Å²) in [6.45, 7) is 5.12. The van der Waals surface area contributed by atoms with Crippen molar-refractivity contribution < 1.29 is 9.59 Å².